The Morgan fingerprint density at radius 1 is 1.29 bits per heavy atom. The van der Waals surface area contributed by atoms with Crippen LogP contribution < -0.4 is 10.9 Å². The molecule has 0 spiro atoms. The van der Waals surface area contributed by atoms with Gasteiger partial charge in [-0.2, -0.15) is 0 Å². The Morgan fingerprint density at radius 2 is 2.10 bits per heavy atom. The number of amides is 1. The van der Waals surface area contributed by atoms with Gasteiger partial charge in [-0.05, 0) is 61.4 Å². The van der Waals surface area contributed by atoms with Crippen LogP contribution in [-0.4, -0.2) is 53.1 Å². The van der Waals surface area contributed by atoms with Crippen molar-refractivity contribution in [3.8, 4) is 11.1 Å². The van der Waals surface area contributed by atoms with E-state index in [4.69, 9.17) is 4.74 Å². The summed E-state index contributed by atoms with van der Waals surface area (Å²) in [7, 11) is 0. The van der Waals surface area contributed by atoms with Crippen LogP contribution in [0.2, 0.25) is 0 Å². The molecule has 0 unspecified atom stereocenters. The first-order valence-electron chi connectivity index (χ1n) is 11.1. The Labute approximate surface area is 182 Å². The van der Waals surface area contributed by atoms with Crippen LogP contribution in [0.15, 0.2) is 47.5 Å². The minimum atomic E-state index is -0.158. The number of hydrogen-bond acceptors (Lipinski definition) is 5. The maximum Gasteiger partial charge on any atom is 0.271 e. The average Bonchev–Trinajstić information content (AvgIpc) is 2.77. The molecule has 2 aromatic heterocycles. The number of anilines is 1. The minimum absolute atomic E-state index is 0.0386. The predicted octanol–water partition coefficient (Wildman–Crippen LogP) is 2.99. The van der Waals surface area contributed by atoms with Crippen LogP contribution >= 0.6 is 0 Å². The summed E-state index contributed by atoms with van der Waals surface area (Å²) < 4.78 is 5.37. The number of carbonyl (C=O) groups excluding carboxylic acids is 1. The molecule has 4 rings (SSSR count). The summed E-state index contributed by atoms with van der Waals surface area (Å²) in [6.45, 7) is 4.91. The topological polar surface area (TPSA) is 87.3 Å². The van der Waals surface area contributed by atoms with Gasteiger partial charge in [0.1, 0.15) is 5.69 Å². The molecule has 0 saturated carbocycles. The van der Waals surface area contributed by atoms with Crippen molar-refractivity contribution < 1.29 is 9.53 Å². The van der Waals surface area contributed by atoms with E-state index in [1.807, 2.05) is 24.3 Å². The van der Waals surface area contributed by atoms with Crippen molar-refractivity contribution in [1.29, 1.82) is 0 Å². The first-order valence-corrected chi connectivity index (χ1v) is 11.1. The highest BCUT2D eigenvalue weighted by molar-refractivity contribution is 5.88. The van der Waals surface area contributed by atoms with Crippen LogP contribution in [0.4, 0.5) is 5.69 Å². The number of aryl methyl sites for hydroxylation is 1. The SMILES string of the molecule is CCc1cc(-c2c[nH]c(=O)c(NC3CN(C(=O)/C=C/CC4CCOCC4)C3)c2)ccn1. The van der Waals surface area contributed by atoms with Gasteiger partial charge < -0.3 is 19.9 Å². The van der Waals surface area contributed by atoms with Crippen LogP contribution in [-0.2, 0) is 16.0 Å². The lowest BCUT2D eigenvalue weighted by molar-refractivity contribution is -0.129. The van der Waals surface area contributed by atoms with Gasteiger partial charge in [-0.3, -0.25) is 14.6 Å². The highest BCUT2D eigenvalue weighted by atomic mass is 16.5. The normalized spacial score (nSPS) is 17.6. The summed E-state index contributed by atoms with van der Waals surface area (Å²) in [6.07, 6.45) is 11.1. The molecule has 1 amide bonds. The van der Waals surface area contributed by atoms with Gasteiger partial charge in [-0.1, -0.05) is 13.0 Å². The van der Waals surface area contributed by atoms with Gasteiger partial charge in [-0.25, -0.2) is 0 Å². The monoisotopic (exact) mass is 422 g/mol. The molecule has 4 heterocycles. The van der Waals surface area contributed by atoms with E-state index in [2.05, 4.69) is 22.2 Å². The molecule has 2 fully saturated rings. The lowest BCUT2D eigenvalue weighted by Crippen LogP contribution is -2.57. The maximum atomic E-state index is 12.3. The van der Waals surface area contributed by atoms with Gasteiger partial charge in [0.05, 0.1) is 6.04 Å². The first-order chi connectivity index (χ1) is 15.1. The van der Waals surface area contributed by atoms with Gasteiger partial charge in [0.25, 0.3) is 5.56 Å². The Balaban J connectivity index is 1.30. The molecule has 0 aromatic carbocycles. The van der Waals surface area contributed by atoms with Crippen LogP contribution in [0.5, 0.6) is 0 Å². The molecule has 2 aliphatic rings. The Hall–Kier alpha value is -2.93. The zero-order valence-corrected chi connectivity index (χ0v) is 18.0. The number of hydrogen-bond donors (Lipinski definition) is 2. The molecule has 31 heavy (non-hydrogen) atoms. The second-order valence-corrected chi connectivity index (χ2v) is 8.30. The molecule has 0 aliphatic carbocycles. The smallest absolute Gasteiger partial charge is 0.271 e. The number of allylic oxidation sites excluding steroid dienone is 1. The standard InChI is InChI=1S/C24H30N4O3/c1-2-20-12-18(6-9-25-20)19-13-22(24(30)26-14-19)27-21-15-28(16-21)23(29)5-3-4-17-7-10-31-11-8-17/h3,5-6,9,12-14,17,21,27H,2,4,7-8,10-11,15-16H2,1H3,(H,26,30)/b5-3+. The molecule has 2 saturated heterocycles. The van der Waals surface area contributed by atoms with Gasteiger partial charge in [0, 0.05) is 50.0 Å². The van der Waals surface area contributed by atoms with Crippen molar-refractivity contribution in [3.63, 3.8) is 0 Å². The van der Waals surface area contributed by atoms with Crippen molar-refractivity contribution in [2.24, 2.45) is 5.92 Å². The van der Waals surface area contributed by atoms with Crippen molar-refractivity contribution in [2.45, 2.75) is 38.6 Å². The summed E-state index contributed by atoms with van der Waals surface area (Å²) in [4.78, 5) is 33.6. The lowest BCUT2D eigenvalue weighted by Gasteiger charge is -2.39. The summed E-state index contributed by atoms with van der Waals surface area (Å²) in [5, 5.41) is 3.29. The second kappa shape index (κ2) is 9.92. The van der Waals surface area contributed by atoms with Gasteiger partial charge in [0.15, 0.2) is 0 Å². The zero-order valence-electron chi connectivity index (χ0n) is 18.0. The largest absolute Gasteiger partial charge is 0.381 e. The highest BCUT2D eigenvalue weighted by Gasteiger charge is 2.29. The van der Waals surface area contributed by atoms with E-state index in [0.717, 1.165) is 55.7 Å². The van der Waals surface area contributed by atoms with Crippen molar-refractivity contribution in [3.05, 3.63) is 58.8 Å². The molecule has 2 aromatic rings. The van der Waals surface area contributed by atoms with Gasteiger partial charge in [0.2, 0.25) is 5.91 Å². The number of nitrogens with zero attached hydrogens (tertiary/aromatic N) is 2. The van der Waals surface area contributed by atoms with Crippen LogP contribution in [0.3, 0.4) is 0 Å². The highest BCUT2D eigenvalue weighted by Crippen LogP contribution is 2.22. The molecule has 7 nitrogen and oxygen atoms in total. The molecule has 0 atom stereocenters. The fraction of sp³-hybridized carbons (Fsp3) is 0.458. The summed E-state index contributed by atoms with van der Waals surface area (Å²) in [5.41, 5.74) is 3.33. The minimum Gasteiger partial charge on any atom is -0.381 e. The fourth-order valence-electron chi connectivity index (χ4n) is 4.03. The number of rotatable bonds is 7. The predicted molar refractivity (Wildman–Crippen MR) is 121 cm³/mol. The van der Waals surface area contributed by atoms with E-state index in [0.29, 0.717) is 24.7 Å². The number of H-pyrrole nitrogens is 1. The van der Waals surface area contributed by atoms with E-state index in [1.54, 1.807) is 23.4 Å². The molecular weight excluding hydrogens is 392 g/mol. The number of ether oxygens (including phenoxy) is 1. The van der Waals surface area contributed by atoms with Crippen molar-refractivity contribution >= 4 is 11.6 Å². The van der Waals surface area contributed by atoms with Gasteiger partial charge >= 0.3 is 0 Å². The number of aromatic amines is 1. The first kappa shape index (κ1) is 21.3. The van der Waals surface area contributed by atoms with E-state index in [1.165, 1.54) is 0 Å². The Kier molecular flexibility index (Phi) is 6.82. The van der Waals surface area contributed by atoms with Gasteiger partial charge in [-0.15, -0.1) is 0 Å². The molecule has 0 radical (unpaired) electrons. The fourth-order valence-corrected chi connectivity index (χ4v) is 4.03. The maximum absolute atomic E-state index is 12.3. The molecule has 2 N–H and O–H groups in total. The van der Waals surface area contributed by atoms with Crippen molar-refractivity contribution in [1.82, 2.24) is 14.9 Å². The molecule has 2 aliphatic heterocycles. The third-order valence-corrected chi connectivity index (χ3v) is 6.04. The quantitative estimate of drug-likeness (QED) is 0.670. The van der Waals surface area contributed by atoms with Crippen LogP contribution in [0, 0.1) is 5.92 Å². The molecule has 7 heteroatoms. The lowest BCUT2D eigenvalue weighted by atomic mass is 9.96. The summed E-state index contributed by atoms with van der Waals surface area (Å²) in [5.74, 6) is 0.660. The third-order valence-electron chi connectivity index (χ3n) is 6.04. The molecule has 0 bridgehead atoms. The van der Waals surface area contributed by atoms with Crippen molar-refractivity contribution in [2.75, 3.05) is 31.6 Å². The van der Waals surface area contributed by atoms with Crippen LogP contribution in [0.25, 0.3) is 11.1 Å². The zero-order chi connectivity index (χ0) is 21.6. The number of aromatic nitrogens is 2. The van der Waals surface area contributed by atoms with E-state index >= 15 is 0 Å². The Morgan fingerprint density at radius 3 is 2.87 bits per heavy atom. The number of nitrogens with one attached hydrogen (secondary N) is 2. The summed E-state index contributed by atoms with van der Waals surface area (Å²) in [6, 6.07) is 5.92. The summed E-state index contributed by atoms with van der Waals surface area (Å²) >= 11 is 0. The second-order valence-electron chi connectivity index (χ2n) is 8.30. The number of likely N-dealkylation sites (tertiary alicyclic amines) is 1. The van der Waals surface area contributed by atoms with Crippen LogP contribution in [0.1, 0.15) is 31.9 Å². The van der Waals surface area contributed by atoms with E-state index < -0.39 is 0 Å². The average molecular weight is 423 g/mol. The molecule has 164 valence electrons. The number of carbonyl (C=O) groups is 1. The Bertz CT molecular complexity index is 988. The number of pyridine rings is 2. The van der Waals surface area contributed by atoms with E-state index in [9.17, 15) is 9.59 Å². The molecular formula is C24H30N4O3. The van der Waals surface area contributed by atoms with E-state index in [-0.39, 0.29) is 17.5 Å². The third kappa shape index (κ3) is 5.41.